The molecule has 0 aromatic heterocycles. The lowest BCUT2D eigenvalue weighted by atomic mass is 9.84. The maximum Gasteiger partial charge on any atom is 0.264 e. The lowest BCUT2D eigenvalue weighted by molar-refractivity contribution is -0.149. The third kappa shape index (κ3) is 11.3. The van der Waals surface area contributed by atoms with Gasteiger partial charge in [0.2, 0.25) is 17.7 Å². The predicted octanol–water partition coefficient (Wildman–Crippen LogP) is 4.20. The van der Waals surface area contributed by atoms with Gasteiger partial charge in [-0.05, 0) is 56.7 Å². The summed E-state index contributed by atoms with van der Waals surface area (Å²) in [5.41, 5.74) is 0.889. The van der Waals surface area contributed by atoms with Crippen molar-refractivity contribution >= 4 is 33.5 Å². The Morgan fingerprint density at radius 3 is 2.06 bits per heavy atom. The molecule has 12 nitrogen and oxygen atoms in total. The molecule has 0 bridgehead atoms. The van der Waals surface area contributed by atoms with Gasteiger partial charge in [0.05, 0.1) is 47.6 Å². The Morgan fingerprint density at radius 2 is 1.57 bits per heavy atom. The maximum atomic E-state index is 14.2. The van der Waals surface area contributed by atoms with Crippen molar-refractivity contribution in [1.29, 1.82) is 0 Å². The SMILES string of the molecule is CC[C@H](C)[C@@H]([C@@H](CC(=O)N1CCC[C@H]1[C@H](OC)[C@@H](C)C(=O)NS(=O)(=O)c1ccc(C)cc1)OC)N(C)C(=O)[C@@H](CC(=O)[C@@H](NC)C(C)C)C(C)C. The molecule has 51 heavy (non-hydrogen) atoms. The van der Waals surface area contributed by atoms with Gasteiger partial charge in [-0.1, -0.05) is 72.6 Å². The van der Waals surface area contributed by atoms with Crippen LogP contribution in [0.15, 0.2) is 29.2 Å². The van der Waals surface area contributed by atoms with E-state index >= 15 is 0 Å². The summed E-state index contributed by atoms with van der Waals surface area (Å²) in [4.78, 5) is 58.2. The molecule has 0 aliphatic carbocycles. The van der Waals surface area contributed by atoms with Crippen LogP contribution >= 0.6 is 0 Å². The van der Waals surface area contributed by atoms with E-state index in [9.17, 15) is 27.6 Å². The zero-order chi connectivity index (χ0) is 38.8. The quantitative estimate of drug-likeness (QED) is 0.201. The molecule has 1 aliphatic rings. The average Bonchev–Trinajstić information content (AvgIpc) is 3.56. The van der Waals surface area contributed by atoms with E-state index in [1.54, 1.807) is 43.0 Å². The number of ether oxygens (including phenoxy) is 2. The van der Waals surface area contributed by atoms with Crippen molar-refractivity contribution in [2.24, 2.45) is 29.6 Å². The molecule has 13 heteroatoms. The van der Waals surface area contributed by atoms with Gasteiger partial charge >= 0.3 is 0 Å². The number of ketones is 1. The Kier molecular flexibility index (Phi) is 17.2. The summed E-state index contributed by atoms with van der Waals surface area (Å²) >= 11 is 0. The number of Topliss-reactive ketones (excluding diaryl/α,β-unsaturated/α-hetero) is 1. The summed E-state index contributed by atoms with van der Waals surface area (Å²) in [6, 6.07) is 4.93. The Morgan fingerprint density at radius 1 is 0.961 bits per heavy atom. The molecule has 3 amide bonds. The van der Waals surface area contributed by atoms with Crippen LogP contribution in [0.5, 0.6) is 0 Å². The molecule has 2 rings (SSSR count). The number of nitrogens with one attached hydrogen (secondary N) is 2. The van der Waals surface area contributed by atoms with Crippen LogP contribution < -0.4 is 10.0 Å². The lowest BCUT2D eigenvalue weighted by Crippen LogP contribution is -2.54. The van der Waals surface area contributed by atoms with E-state index in [1.165, 1.54) is 26.4 Å². The molecular weight excluding hydrogens is 673 g/mol. The number of aryl methyl sites for hydroxylation is 1. The molecule has 0 unspecified atom stereocenters. The minimum Gasteiger partial charge on any atom is -0.379 e. The third-order valence-electron chi connectivity index (χ3n) is 10.7. The van der Waals surface area contributed by atoms with Crippen LogP contribution in [-0.2, 0) is 38.7 Å². The number of carbonyl (C=O) groups is 4. The summed E-state index contributed by atoms with van der Waals surface area (Å²) in [5, 5.41) is 3.09. The van der Waals surface area contributed by atoms with Crippen LogP contribution in [0.1, 0.15) is 86.1 Å². The molecule has 8 atom stereocenters. The van der Waals surface area contributed by atoms with E-state index in [-0.39, 0.29) is 59.1 Å². The number of likely N-dealkylation sites (N-methyl/N-ethyl adjacent to an activating group) is 2. The third-order valence-corrected chi connectivity index (χ3v) is 12.1. The van der Waals surface area contributed by atoms with Crippen LogP contribution in [0.2, 0.25) is 0 Å². The Labute approximate surface area is 306 Å². The summed E-state index contributed by atoms with van der Waals surface area (Å²) in [6.07, 6.45) is 0.674. The number of hydrogen-bond donors (Lipinski definition) is 2. The van der Waals surface area contributed by atoms with Crippen molar-refractivity contribution in [3.8, 4) is 0 Å². The topological polar surface area (TPSA) is 151 Å². The van der Waals surface area contributed by atoms with Gasteiger partial charge < -0.3 is 24.6 Å². The number of hydrogen-bond acceptors (Lipinski definition) is 9. The summed E-state index contributed by atoms with van der Waals surface area (Å²) < 4.78 is 39.9. The van der Waals surface area contributed by atoms with Gasteiger partial charge in [-0.25, -0.2) is 13.1 Å². The van der Waals surface area contributed by atoms with Crippen LogP contribution in [0, 0.1) is 36.5 Å². The second-order valence-electron chi connectivity index (χ2n) is 14.9. The smallest absolute Gasteiger partial charge is 0.264 e. The van der Waals surface area contributed by atoms with Crippen molar-refractivity contribution in [1.82, 2.24) is 19.8 Å². The lowest BCUT2D eigenvalue weighted by Gasteiger charge is -2.41. The van der Waals surface area contributed by atoms with Crippen LogP contribution in [-0.4, -0.2) is 107 Å². The average molecular weight is 737 g/mol. The first-order valence-electron chi connectivity index (χ1n) is 18.3. The highest BCUT2D eigenvalue weighted by molar-refractivity contribution is 7.90. The molecule has 2 N–H and O–H groups in total. The highest BCUT2D eigenvalue weighted by Crippen LogP contribution is 2.31. The van der Waals surface area contributed by atoms with Crippen molar-refractivity contribution in [2.45, 2.75) is 123 Å². The molecule has 1 aromatic rings. The van der Waals surface area contributed by atoms with Crippen molar-refractivity contribution in [3.05, 3.63) is 29.8 Å². The molecule has 0 saturated carbocycles. The van der Waals surface area contributed by atoms with Gasteiger partial charge in [-0.3, -0.25) is 19.2 Å². The second kappa shape index (κ2) is 19.8. The molecule has 0 spiro atoms. The molecule has 1 aromatic carbocycles. The summed E-state index contributed by atoms with van der Waals surface area (Å²) in [6.45, 7) is 15.8. The normalized spacial score (nSPS) is 19.3. The zero-order valence-corrected chi connectivity index (χ0v) is 33.7. The monoisotopic (exact) mass is 736 g/mol. The fourth-order valence-corrected chi connectivity index (χ4v) is 8.45. The molecule has 0 radical (unpaired) electrons. The van der Waals surface area contributed by atoms with Gasteiger partial charge in [0.25, 0.3) is 10.0 Å². The first-order chi connectivity index (χ1) is 23.9. The van der Waals surface area contributed by atoms with Gasteiger partial charge in [-0.15, -0.1) is 0 Å². The van der Waals surface area contributed by atoms with Gasteiger partial charge in [-0.2, -0.15) is 0 Å². The van der Waals surface area contributed by atoms with Gasteiger partial charge in [0.1, 0.15) is 0 Å². The first-order valence-corrected chi connectivity index (χ1v) is 19.8. The molecule has 1 aliphatic heterocycles. The Bertz CT molecular complexity index is 1420. The summed E-state index contributed by atoms with van der Waals surface area (Å²) in [5.74, 6) is -2.55. The minimum atomic E-state index is -4.11. The van der Waals surface area contributed by atoms with E-state index in [0.29, 0.717) is 19.4 Å². The first kappa shape index (κ1) is 44.3. The molecule has 1 fully saturated rings. The second-order valence-corrected chi connectivity index (χ2v) is 16.6. The fourth-order valence-electron chi connectivity index (χ4n) is 7.39. The molecule has 1 heterocycles. The van der Waals surface area contributed by atoms with Gasteiger partial charge in [0, 0.05) is 40.2 Å². The van der Waals surface area contributed by atoms with E-state index in [2.05, 4.69) is 10.0 Å². The minimum absolute atomic E-state index is 0.00468. The number of benzene rings is 1. The van der Waals surface area contributed by atoms with Crippen LogP contribution in [0.4, 0.5) is 0 Å². The number of sulfonamides is 1. The Hall–Kier alpha value is -2.87. The standard InChI is InChI=1S/C38H64N4O8S/c1-13-26(7)35(41(10)38(46)29(23(2)3)21-31(43)34(39-9)24(4)5)32(49-11)22-33(44)42-20-14-15-30(42)36(50-12)27(8)37(45)40-51(47,48)28-18-16-25(6)17-19-28/h16-19,23-24,26-27,29-30,32,34-36,39H,13-15,20-22H2,1-12H3,(H,40,45)/t26-,27+,29-,30-,32+,34-,35-,36+/m0/s1. The number of methoxy groups -OCH3 is 2. The number of nitrogens with zero attached hydrogens (tertiary/aromatic N) is 2. The van der Waals surface area contributed by atoms with Crippen molar-refractivity contribution < 1.29 is 37.1 Å². The zero-order valence-electron chi connectivity index (χ0n) is 32.9. The number of amides is 3. The maximum absolute atomic E-state index is 14.2. The van der Waals surface area contributed by atoms with Crippen LogP contribution in [0.25, 0.3) is 0 Å². The van der Waals surface area contributed by atoms with E-state index in [4.69, 9.17) is 9.47 Å². The van der Waals surface area contributed by atoms with Crippen molar-refractivity contribution in [2.75, 3.05) is 34.9 Å². The highest BCUT2D eigenvalue weighted by atomic mass is 32.2. The highest BCUT2D eigenvalue weighted by Gasteiger charge is 2.43. The largest absolute Gasteiger partial charge is 0.379 e. The van der Waals surface area contributed by atoms with Crippen molar-refractivity contribution in [3.63, 3.8) is 0 Å². The number of likely N-dealkylation sites (tertiary alicyclic amines) is 1. The fraction of sp³-hybridized carbons (Fsp3) is 0.737. The molecule has 1 saturated heterocycles. The molecular formula is C38H64N4O8S. The van der Waals surface area contributed by atoms with E-state index in [0.717, 1.165) is 12.0 Å². The van der Waals surface area contributed by atoms with E-state index in [1.807, 2.05) is 48.5 Å². The van der Waals surface area contributed by atoms with Crippen LogP contribution in [0.3, 0.4) is 0 Å². The number of carbonyl (C=O) groups excluding carboxylic acids is 4. The van der Waals surface area contributed by atoms with E-state index < -0.39 is 52.1 Å². The predicted molar refractivity (Wildman–Crippen MR) is 198 cm³/mol. The Balaban J connectivity index is 2.28. The molecule has 290 valence electrons. The summed E-state index contributed by atoms with van der Waals surface area (Å²) in [7, 11) is 2.38. The van der Waals surface area contributed by atoms with Gasteiger partial charge in [0.15, 0.2) is 5.78 Å². The number of rotatable bonds is 20.